The van der Waals surface area contributed by atoms with E-state index in [-0.39, 0.29) is 11.5 Å². The summed E-state index contributed by atoms with van der Waals surface area (Å²) < 4.78 is 5.72. The fourth-order valence-corrected chi connectivity index (χ4v) is 3.21. The second kappa shape index (κ2) is 5.57. The Labute approximate surface area is 109 Å². The van der Waals surface area contributed by atoms with Gasteiger partial charge in [-0.2, -0.15) is 0 Å². The van der Waals surface area contributed by atoms with Crippen LogP contribution in [0.15, 0.2) is 0 Å². The lowest BCUT2D eigenvalue weighted by Crippen LogP contribution is -2.48. The molecule has 0 bridgehead atoms. The van der Waals surface area contributed by atoms with Crippen molar-refractivity contribution in [3.05, 3.63) is 0 Å². The predicted molar refractivity (Wildman–Crippen MR) is 69.6 cm³/mol. The average molecular weight is 255 g/mol. The van der Waals surface area contributed by atoms with Gasteiger partial charge in [0.2, 0.25) is 0 Å². The van der Waals surface area contributed by atoms with Crippen LogP contribution in [0.3, 0.4) is 0 Å². The molecule has 1 atom stereocenters. The molecular formula is C14H25NO3. The van der Waals surface area contributed by atoms with Gasteiger partial charge in [0.15, 0.2) is 0 Å². The van der Waals surface area contributed by atoms with Crippen molar-refractivity contribution < 1.29 is 14.6 Å². The van der Waals surface area contributed by atoms with Crippen molar-refractivity contribution in [1.82, 2.24) is 5.32 Å². The Morgan fingerprint density at radius 2 is 1.83 bits per heavy atom. The first kappa shape index (κ1) is 13.8. The number of nitrogens with one attached hydrogen (secondary N) is 1. The topological polar surface area (TPSA) is 58.6 Å². The Morgan fingerprint density at radius 1 is 1.17 bits per heavy atom. The molecule has 4 heteroatoms. The van der Waals surface area contributed by atoms with E-state index in [1.165, 1.54) is 0 Å². The number of carboxylic acids is 1. The highest BCUT2D eigenvalue weighted by atomic mass is 16.5. The number of carboxylic acid groups (broad SMARTS) is 1. The van der Waals surface area contributed by atoms with E-state index < -0.39 is 5.97 Å². The van der Waals surface area contributed by atoms with Gasteiger partial charge in [0.1, 0.15) is 0 Å². The minimum atomic E-state index is -0.624. The Balaban J connectivity index is 1.76. The summed E-state index contributed by atoms with van der Waals surface area (Å²) in [6.07, 6.45) is 5.75. The fraction of sp³-hybridized carbons (Fsp3) is 0.929. The molecule has 1 saturated heterocycles. The highest BCUT2D eigenvalue weighted by Gasteiger charge is 2.32. The van der Waals surface area contributed by atoms with Gasteiger partial charge in [-0.25, -0.2) is 0 Å². The Morgan fingerprint density at radius 3 is 2.39 bits per heavy atom. The van der Waals surface area contributed by atoms with Crippen LogP contribution in [0.4, 0.5) is 0 Å². The summed E-state index contributed by atoms with van der Waals surface area (Å²) in [5.74, 6) is -0.741. The van der Waals surface area contributed by atoms with Gasteiger partial charge in [0, 0.05) is 18.7 Å². The molecule has 1 saturated carbocycles. The molecule has 1 unspecified atom stereocenters. The van der Waals surface area contributed by atoms with Gasteiger partial charge in [-0.3, -0.25) is 4.79 Å². The highest BCUT2D eigenvalue weighted by molar-refractivity contribution is 5.70. The monoisotopic (exact) mass is 255 g/mol. The smallest absolute Gasteiger partial charge is 0.306 e. The van der Waals surface area contributed by atoms with Gasteiger partial charge in [-0.05, 0) is 52.4 Å². The van der Waals surface area contributed by atoms with Crippen LogP contribution in [0.2, 0.25) is 0 Å². The van der Waals surface area contributed by atoms with Gasteiger partial charge in [-0.15, -0.1) is 0 Å². The second-order valence-electron chi connectivity index (χ2n) is 6.35. The highest BCUT2D eigenvalue weighted by Crippen LogP contribution is 2.28. The molecule has 18 heavy (non-hydrogen) atoms. The van der Waals surface area contributed by atoms with Crippen LogP contribution >= 0.6 is 0 Å². The first-order valence-electron chi connectivity index (χ1n) is 7.09. The molecule has 1 heterocycles. The molecule has 2 aliphatic rings. The van der Waals surface area contributed by atoms with E-state index >= 15 is 0 Å². The van der Waals surface area contributed by atoms with Crippen molar-refractivity contribution in [3.63, 3.8) is 0 Å². The summed E-state index contributed by atoms with van der Waals surface area (Å²) in [6, 6.07) is 1.03. The van der Waals surface area contributed by atoms with Crippen LogP contribution in [0.25, 0.3) is 0 Å². The molecule has 0 aromatic carbocycles. The maximum Gasteiger partial charge on any atom is 0.306 e. The van der Waals surface area contributed by atoms with Crippen LogP contribution in [0.5, 0.6) is 0 Å². The maximum absolute atomic E-state index is 10.9. The number of hydrogen-bond donors (Lipinski definition) is 2. The summed E-state index contributed by atoms with van der Waals surface area (Å²) in [4.78, 5) is 10.9. The first-order chi connectivity index (χ1) is 8.46. The lowest BCUT2D eigenvalue weighted by Gasteiger charge is -2.39. The number of carbonyl (C=O) groups is 1. The Bertz CT molecular complexity index is 295. The Kier molecular flexibility index (Phi) is 4.28. The largest absolute Gasteiger partial charge is 0.481 e. The van der Waals surface area contributed by atoms with Crippen molar-refractivity contribution >= 4 is 5.97 Å². The third-order valence-corrected chi connectivity index (χ3v) is 4.24. The minimum absolute atomic E-state index is 0.0197. The van der Waals surface area contributed by atoms with Crippen molar-refractivity contribution in [2.45, 2.75) is 70.1 Å². The average Bonchev–Trinajstić information content (AvgIpc) is 2.28. The standard InChI is InChI=1S/C14H25NO3/c1-14(2)9-12(7-8-18-14)15-11-5-3-10(4-6-11)13(16)17/h10-12,15H,3-9H2,1-2H3,(H,16,17). The number of ether oxygens (including phenoxy) is 1. The zero-order chi connectivity index (χ0) is 13.2. The molecular weight excluding hydrogens is 230 g/mol. The van der Waals surface area contributed by atoms with Crippen LogP contribution < -0.4 is 5.32 Å². The second-order valence-corrected chi connectivity index (χ2v) is 6.35. The molecule has 0 radical (unpaired) electrons. The van der Waals surface area contributed by atoms with E-state index in [1.807, 2.05) is 0 Å². The van der Waals surface area contributed by atoms with E-state index in [9.17, 15) is 4.79 Å². The Hall–Kier alpha value is -0.610. The van der Waals surface area contributed by atoms with E-state index in [4.69, 9.17) is 9.84 Å². The van der Waals surface area contributed by atoms with Crippen molar-refractivity contribution in [1.29, 1.82) is 0 Å². The van der Waals surface area contributed by atoms with Gasteiger partial charge in [0.25, 0.3) is 0 Å². The summed E-state index contributed by atoms with van der Waals surface area (Å²) in [5.41, 5.74) is -0.0197. The molecule has 2 rings (SSSR count). The van der Waals surface area contributed by atoms with Gasteiger partial charge >= 0.3 is 5.97 Å². The summed E-state index contributed by atoms with van der Waals surface area (Å²) in [7, 11) is 0. The van der Waals surface area contributed by atoms with E-state index in [0.29, 0.717) is 12.1 Å². The number of rotatable bonds is 3. The third kappa shape index (κ3) is 3.69. The van der Waals surface area contributed by atoms with E-state index in [2.05, 4.69) is 19.2 Å². The van der Waals surface area contributed by atoms with Crippen LogP contribution in [0, 0.1) is 5.92 Å². The minimum Gasteiger partial charge on any atom is -0.481 e. The van der Waals surface area contributed by atoms with Crippen LogP contribution in [0.1, 0.15) is 52.4 Å². The zero-order valence-corrected chi connectivity index (χ0v) is 11.4. The fourth-order valence-electron chi connectivity index (χ4n) is 3.21. The molecule has 0 aromatic heterocycles. The van der Waals surface area contributed by atoms with Gasteiger partial charge < -0.3 is 15.2 Å². The summed E-state index contributed by atoms with van der Waals surface area (Å²) in [6.45, 7) is 5.11. The molecule has 0 spiro atoms. The van der Waals surface area contributed by atoms with E-state index in [1.54, 1.807) is 0 Å². The molecule has 1 aliphatic heterocycles. The summed E-state index contributed by atoms with van der Waals surface area (Å²) in [5, 5.41) is 12.7. The summed E-state index contributed by atoms with van der Waals surface area (Å²) >= 11 is 0. The van der Waals surface area contributed by atoms with Crippen LogP contribution in [-0.2, 0) is 9.53 Å². The molecule has 2 fully saturated rings. The van der Waals surface area contributed by atoms with Crippen molar-refractivity contribution in [2.75, 3.05) is 6.61 Å². The molecule has 4 nitrogen and oxygen atoms in total. The quantitative estimate of drug-likeness (QED) is 0.811. The zero-order valence-electron chi connectivity index (χ0n) is 11.4. The van der Waals surface area contributed by atoms with Crippen LogP contribution in [-0.4, -0.2) is 35.4 Å². The first-order valence-corrected chi connectivity index (χ1v) is 7.09. The van der Waals surface area contributed by atoms with Crippen molar-refractivity contribution in [3.8, 4) is 0 Å². The lowest BCUT2D eigenvalue weighted by molar-refractivity contribution is -0.142. The van der Waals surface area contributed by atoms with Crippen molar-refractivity contribution in [2.24, 2.45) is 5.92 Å². The predicted octanol–water partition coefficient (Wildman–Crippen LogP) is 2.18. The third-order valence-electron chi connectivity index (χ3n) is 4.24. The number of aliphatic carboxylic acids is 1. The number of hydrogen-bond acceptors (Lipinski definition) is 3. The molecule has 0 amide bonds. The van der Waals surface area contributed by atoms with Gasteiger partial charge in [0.05, 0.1) is 11.5 Å². The maximum atomic E-state index is 10.9. The molecule has 2 N–H and O–H groups in total. The molecule has 1 aliphatic carbocycles. The normalized spacial score (nSPS) is 36.2. The molecule has 104 valence electrons. The molecule has 0 aromatic rings. The van der Waals surface area contributed by atoms with E-state index in [0.717, 1.165) is 45.1 Å². The SMILES string of the molecule is CC1(C)CC(NC2CCC(C(=O)O)CC2)CCO1. The van der Waals surface area contributed by atoms with Gasteiger partial charge in [-0.1, -0.05) is 0 Å². The lowest BCUT2D eigenvalue weighted by atomic mass is 9.85.